The predicted octanol–water partition coefficient (Wildman–Crippen LogP) is 2.16. The summed E-state index contributed by atoms with van der Waals surface area (Å²) in [5, 5.41) is 2.35. The average Bonchev–Trinajstić information content (AvgIpc) is 2.40. The van der Waals surface area contributed by atoms with Crippen molar-refractivity contribution in [2.75, 3.05) is 13.2 Å². The molecular weight excluding hydrogens is 305 g/mol. The van der Waals surface area contributed by atoms with Gasteiger partial charge in [-0.25, -0.2) is 0 Å². The maximum atomic E-state index is 11.9. The van der Waals surface area contributed by atoms with Crippen LogP contribution in [0.3, 0.4) is 0 Å². The van der Waals surface area contributed by atoms with E-state index in [1.54, 1.807) is 24.3 Å². The van der Waals surface area contributed by atoms with Gasteiger partial charge < -0.3 is 15.8 Å². The molecule has 0 saturated carbocycles. The Morgan fingerprint density at radius 3 is 2.62 bits per heavy atom. The molecule has 8 heteroatoms. The molecule has 0 aliphatic carbocycles. The molecule has 0 unspecified atom stereocenters. The van der Waals surface area contributed by atoms with E-state index in [4.69, 9.17) is 22.7 Å². The van der Waals surface area contributed by atoms with E-state index >= 15 is 0 Å². The van der Waals surface area contributed by atoms with Gasteiger partial charge in [0.15, 0.2) is 6.61 Å². The molecule has 1 rings (SSSR count). The van der Waals surface area contributed by atoms with Crippen LogP contribution in [-0.4, -0.2) is 30.2 Å². The number of benzene rings is 1. The minimum atomic E-state index is -4.21. The maximum absolute atomic E-state index is 11.9. The largest absolute Gasteiger partial charge is 0.483 e. The van der Waals surface area contributed by atoms with E-state index < -0.39 is 18.5 Å². The third-order valence-electron chi connectivity index (χ3n) is 2.47. The van der Waals surface area contributed by atoms with Crippen LogP contribution in [0.4, 0.5) is 13.2 Å². The van der Waals surface area contributed by atoms with Gasteiger partial charge in [-0.15, -0.1) is 0 Å². The highest BCUT2D eigenvalue weighted by molar-refractivity contribution is 7.80. The summed E-state index contributed by atoms with van der Waals surface area (Å²) in [5.41, 5.74) is 6.00. The SMILES string of the molecule is NC(=S)c1ccccc1OCC(=O)NCCCC(F)(F)F. The Hall–Kier alpha value is -1.83. The van der Waals surface area contributed by atoms with Crippen LogP contribution in [0.2, 0.25) is 0 Å². The standard InChI is InChI=1S/C13H15F3N2O2S/c14-13(15,16)6-3-7-18-11(19)8-20-10-5-2-1-4-9(10)12(17)21/h1-2,4-5H,3,6-8H2,(H2,17,21)(H,18,19). The van der Waals surface area contributed by atoms with E-state index in [2.05, 4.69) is 5.32 Å². The normalized spacial score (nSPS) is 11.0. The topological polar surface area (TPSA) is 64.3 Å². The lowest BCUT2D eigenvalue weighted by molar-refractivity contribution is -0.136. The van der Waals surface area contributed by atoms with Crippen LogP contribution >= 0.6 is 12.2 Å². The lowest BCUT2D eigenvalue weighted by Gasteiger charge is -2.11. The van der Waals surface area contributed by atoms with Crippen molar-refractivity contribution in [3.05, 3.63) is 29.8 Å². The molecule has 0 bridgehead atoms. The second-order valence-electron chi connectivity index (χ2n) is 4.22. The maximum Gasteiger partial charge on any atom is 0.389 e. The first kappa shape index (κ1) is 17.2. The molecule has 0 atom stereocenters. The third-order valence-corrected chi connectivity index (χ3v) is 2.69. The van der Waals surface area contributed by atoms with E-state index in [1.165, 1.54) is 0 Å². The molecule has 0 radical (unpaired) electrons. The fourth-order valence-electron chi connectivity index (χ4n) is 1.51. The van der Waals surface area contributed by atoms with Crippen molar-refractivity contribution in [1.29, 1.82) is 0 Å². The minimum absolute atomic E-state index is 0.0569. The average molecular weight is 320 g/mol. The van der Waals surface area contributed by atoms with Gasteiger partial charge in [0.1, 0.15) is 10.7 Å². The summed E-state index contributed by atoms with van der Waals surface area (Å²) in [6.45, 7) is -0.371. The molecule has 0 aromatic heterocycles. The summed E-state index contributed by atoms with van der Waals surface area (Å²) in [7, 11) is 0. The Labute approximate surface area is 125 Å². The zero-order valence-electron chi connectivity index (χ0n) is 11.1. The fraction of sp³-hybridized carbons (Fsp3) is 0.385. The second kappa shape index (κ2) is 7.82. The second-order valence-corrected chi connectivity index (χ2v) is 4.66. The molecule has 0 fully saturated rings. The van der Waals surface area contributed by atoms with Crippen molar-refractivity contribution in [1.82, 2.24) is 5.32 Å². The number of para-hydroxylation sites is 1. The zero-order valence-corrected chi connectivity index (χ0v) is 11.9. The van der Waals surface area contributed by atoms with Crippen LogP contribution < -0.4 is 15.8 Å². The first-order chi connectivity index (χ1) is 9.79. The van der Waals surface area contributed by atoms with Crippen molar-refractivity contribution in [3.63, 3.8) is 0 Å². The number of amides is 1. The number of hydrogen-bond donors (Lipinski definition) is 2. The van der Waals surface area contributed by atoms with Crippen molar-refractivity contribution < 1.29 is 22.7 Å². The lowest BCUT2D eigenvalue weighted by atomic mass is 10.2. The number of nitrogens with one attached hydrogen (secondary N) is 1. The predicted molar refractivity (Wildman–Crippen MR) is 76.1 cm³/mol. The van der Waals surface area contributed by atoms with Crippen LogP contribution in [0.5, 0.6) is 5.75 Å². The van der Waals surface area contributed by atoms with E-state index in [-0.39, 0.29) is 24.6 Å². The van der Waals surface area contributed by atoms with E-state index in [0.29, 0.717) is 11.3 Å². The monoisotopic (exact) mass is 320 g/mol. The van der Waals surface area contributed by atoms with Crippen LogP contribution in [0.25, 0.3) is 0 Å². The molecule has 1 aromatic carbocycles. The Balaban J connectivity index is 2.35. The first-order valence-corrected chi connectivity index (χ1v) is 6.55. The number of carbonyl (C=O) groups is 1. The van der Waals surface area contributed by atoms with Gasteiger partial charge in [-0.05, 0) is 18.6 Å². The smallest absolute Gasteiger partial charge is 0.389 e. The van der Waals surface area contributed by atoms with Gasteiger partial charge in [0.2, 0.25) is 0 Å². The number of thiocarbonyl (C=S) groups is 1. The van der Waals surface area contributed by atoms with E-state index in [9.17, 15) is 18.0 Å². The van der Waals surface area contributed by atoms with Crippen molar-refractivity contribution in [2.45, 2.75) is 19.0 Å². The number of hydrogen-bond acceptors (Lipinski definition) is 3. The summed E-state index contributed by atoms with van der Waals surface area (Å²) in [4.78, 5) is 11.6. The quantitative estimate of drug-likeness (QED) is 0.597. The Kier molecular flexibility index (Phi) is 6.41. The summed E-state index contributed by atoms with van der Waals surface area (Å²) in [5.74, 6) is -0.148. The molecule has 4 nitrogen and oxygen atoms in total. The molecule has 0 aliphatic heterocycles. The highest BCUT2D eigenvalue weighted by Gasteiger charge is 2.25. The van der Waals surface area contributed by atoms with Crippen molar-refractivity contribution >= 4 is 23.1 Å². The number of carbonyl (C=O) groups excluding carboxylic acids is 1. The van der Waals surface area contributed by atoms with Gasteiger partial charge in [-0.3, -0.25) is 4.79 Å². The number of ether oxygens (including phenoxy) is 1. The van der Waals surface area contributed by atoms with Crippen LogP contribution in [0, 0.1) is 0 Å². The van der Waals surface area contributed by atoms with E-state index in [1.807, 2.05) is 0 Å². The van der Waals surface area contributed by atoms with Gasteiger partial charge in [-0.2, -0.15) is 13.2 Å². The molecule has 1 aromatic rings. The van der Waals surface area contributed by atoms with Crippen molar-refractivity contribution in [3.8, 4) is 5.75 Å². The molecule has 1 amide bonds. The molecule has 116 valence electrons. The minimum Gasteiger partial charge on any atom is -0.483 e. The number of nitrogens with two attached hydrogens (primary N) is 1. The Bertz CT molecular complexity index is 506. The van der Waals surface area contributed by atoms with Gasteiger partial charge in [0, 0.05) is 13.0 Å². The molecule has 21 heavy (non-hydrogen) atoms. The lowest BCUT2D eigenvalue weighted by Crippen LogP contribution is -2.30. The molecule has 3 N–H and O–H groups in total. The van der Waals surface area contributed by atoms with Gasteiger partial charge in [0.05, 0.1) is 5.56 Å². The highest BCUT2D eigenvalue weighted by atomic mass is 32.1. The third kappa shape index (κ3) is 6.94. The summed E-state index contributed by atoms with van der Waals surface area (Å²) in [6, 6.07) is 6.67. The van der Waals surface area contributed by atoms with Crippen LogP contribution in [0.15, 0.2) is 24.3 Å². The summed E-state index contributed by atoms with van der Waals surface area (Å²) in [6.07, 6.45) is -5.31. The molecule has 0 spiro atoms. The summed E-state index contributed by atoms with van der Waals surface area (Å²) < 4.78 is 41.0. The zero-order chi connectivity index (χ0) is 15.9. The molecule has 0 saturated heterocycles. The Morgan fingerprint density at radius 1 is 1.33 bits per heavy atom. The van der Waals surface area contributed by atoms with E-state index in [0.717, 1.165) is 0 Å². The van der Waals surface area contributed by atoms with Crippen LogP contribution in [-0.2, 0) is 4.79 Å². The fourth-order valence-corrected chi connectivity index (χ4v) is 1.68. The Morgan fingerprint density at radius 2 is 2.00 bits per heavy atom. The molecular formula is C13H15F3N2O2S. The molecule has 0 aliphatic rings. The first-order valence-electron chi connectivity index (χ1n) is 6.14. The van der Waals surface area contributed by atoms with Gasteiger partial charge in [0.25, 0.3) is 5.91 Å². The number of halogens is 3. The number of alkyl halides is 3. The van der Waals surface area contributed by atoms with Crippen LogP contribution in [0.1, 0.15) is 18.4 Å². The molecule has 0 heterocycles. The van der Waals surface area contributed by atoms with Crippen molar-refractivity contribution in [2.24, 2.45) is 5.73 Å². The summed E-state index contributed by atoms with van der Waals surface area (Å²) >= 11 is 4.84. The van der Waals surface area contributed by atoms with Gasteiger partial charge in [-0.1, -0.05) is 24.4 Å². The highest BCUT2D eigenvalue weighted by Crippen LogP contribution is 2.20. The van der Waals surface area contributed by atoms with Gasteiger partial charge >= 0.3 is 6.18 Å². The number of rotatable bonds is 7.